The molecule has 2 saturated heterocycles. The Morgan fingerprint density at radius 1 is 0.926 bits per heavy atom. The predicted octanol–water partition coefficient (Wildman–Crippen LogP) is 4.16. The molecule has 2 aliphatic rings. The summed E-state index contributed by atoms with van der Waals surface area (Å²) in [7, 11) is 0. The fraction of sp³-hybridized carbons (Fsp3) is 0.350. The van der Waals surface area contributed by atoms with Crippen molar-refractivity contribution in [3.63, 3.8) is 0 Å². The molecule has 2 aliphatic heterocycles. The zero-order chi connectivity index (χ0) is 18.3. The third kappa shape index (κ3) is 3.69. The lowest BCUT2D eigenvalue weighted by Gasteiger charge is -2.28. The molecule has 1 N–H and O–H groups in total. The summed E-state index contributed by atoms with van der Waals surface area (Å²) < 4.78 is 40.0. The van der Waals surface area contributed by atoms with Crippen LogP contribution in [0.4, 0.5) is 13.2 Å². The highest BCUT2D eigenvalue weighted by Gasteiger charge is 2.38. The van der Waals surface area contributed by atoms with Gasteiger partial charge < -0.3 is 10.2 Å². The van der Waals surface area contributed by atoms with Crippen molar-refractivity contribution < 1.29 is 18.0 Å². The lowest BCUT2D eigenvalue weighted by atomic mass is 10.0. The molecule has 1 amide bonds. The largest absolute Gasteiger partial charge is 0.331 e. The summed E-state index contributed by atoms with van der Waals surface area (Å²) in [6, 6.07) is 8.99. The van der Waals surface area contributed by atoms with Crippen LogP contribution in [-0.2, 0) is 0 Å². The number of hydrogen-bond acceptors (Lipinski definition) is 2. The highest BCUT2D eigenvalue weighted by Crippen LogP contribution is 2.30. The van der Waals surface area contributed by atoms with Gasteiger partial charge in [-0.05, 0) is 61.2 Å². The van der Waals surface area contributed by atoms with Crippen molar-refractivity contribution in [3.8, 4) is 11.1 Å². The monoisotopic (exact) mass is 396 g/mol. The maximum Gasteiger partial charge on any atom is 0.254 e. The van der Waals surface area contributed by atoms with Crippen LogP contribution >= 0.6 is 12.4 Å². The van der Waals surface area contributed by atoms with Gasteiger partial charge in [0.15, 0.2) is 17.5 Å². The lowest BCUT2D eigenvalue weighted by molar-refractivity contribution is 0.0680. The molecule has 2 aromatic rings. The van der Waals surface area contributed by atoms with E-state index in [0.717, 1.165) is 44.5 Å². The lowest BCUT2D eigenvalue weighted by Crippen LogP contribution is -2.42. The minimum absolute atomic E-state index is 0. The Hall–Kier alpha value is -2.05. The summed E-state index contributed by atoms with van der Waals surface area (Å²) in [6.07, 6.45) is 2.99. The first kappa shape index (κ1) is 19.7. The SMILES string of the molecule is Cl.O=C(c1ccc(-c2cc(F)c(F)c(F)c2)cc1)N1C2CCNCC1CC2. The molecular weight excluding hydrogens is 377 g/mol. The van der Waals surface area contributed by atoms with E-state index < -0.39 is 17.5 Å². The van der Waals surface area contributed by atoms with Crippen LogP contribution in [0.15, 0.2) is 36.4 Å². The molecule has 0 aromatic heterocycles. The summed E-state index contributed by atoms with van der Waals surface area (Å²) in [5, 5.41) is 3.37. The molecule has 7 heteroatoms. The number of hydrogen-bond donors (Lipinski definition) is 1. The number of amides is 1. The normalized spacial score (nSPS) is 21.5. The highest BCUT2D eigenvalue weighted by atomic mass is 35.5. The number of carbonyl (C=O) groups is 1. The smallest absolute Gasteiger partial charge is 0.254 e. The van der Waals surface area contributed by atoms with Gasteiger partial charge in [0.05, 0.1) is 0 Å². The van der Waals surface area contributed by atoms with Gasteiger partial charge in [0.1, 0.15) is 0 Å². The van der Waals surface area contributed by atoms with Crippen LogP contribution in [0.2, 0.25) is 0 Å². The second-order valence-corrected chi connectivity index (χ2v) is 6.92. The minimum atomic E-state index is -1.48. The number of halogens is 4. The van der Waals surface area contributed by atoms with Crippen molar-refractivity contribution in [2.45, 2.75) is 31.3 Å². The second-order valence-electron chi connectivity index (χ2n) is 6.92. The number of rotatable bonds is 2. The van der Waals surface area contributed by atoms with Gasteiger partial charge in [0.25, 0.3) is 5.91 Å². The van der Waals surface area contributed by atoms with Gasteiger partial charge in [-0.15, -0.1) is 12.4 Å². The Morgan fingerprint density at radius 2 is 1.56 bits per heavy atom. The Kier molecular flexibility index (Phi) is 5.77. The highest BCUT2D eigenvalue weighted by molar-refractivity contribution is 5.95. The summed E-state index contributed by atoms with van der Waals surface area (Å²) in [6.45, 7) is 1.74. The Balaban J connectivity index is 0.00000210. The van der Waals surface area contributed by atoms with Crippen LogP contribution in [0, 0.1) is 17.5 Å². The summed E-state index contributed by atoms with van der Waals surface area (Å²) in [5.74, 6) is -3.95. The van der Waals surface area contributed by atoms with Crippen LogP contribution < -0.4 is 5.32 Å². The van der Waals surface area contributed by atoms with Crippen molar-refractivity contribution in [2.24, 2.45) is 0 Å². The van der Waals surface area contributed by atoms with E-state index in [4.69, 9.17) is 0 Å². The van der Waals surface area contributed by atoms with Gasteiger partial charge >= 0.3 is 0 Å². The van der Waals surface area contributed by atoms with Crippen molar-refractivity contribution in [3.05, 3.63) is 59.4 Å². The van der Waals surface area contributed by atoms with E-state index in [2.05, 4.69) is 5.32 Å². The fourth-order valence-corrected chi connectivity index (χ4v) is 3.99. The van der Waals surface area contributed by atoms with Crippen LogP contribution in [-0.4, -0.2) is 36.0 Å². The molecule has 144 valence electrons. The van der Waals surface area contributed by atoms with E-state index >= 15 is 0 Å². The Labute approximate surface area is 162 Å². The van der Waals surface area contributed by atoms with Gasteiger partial charge in [0.2, 0.25) is 0 Å². The fourth-order valence-electron chi connectivity index (χ4n) is 3.99. The van der Waals surface area contributed by atoms with E-state index in [0.29, 0.717) is 11.1 Å². The van der Waals surface area contributed by atoms with Crippen molar-refractivity contribution in [1.29, 1.82) is 0 Å². The third-order valence-electron chi connectivity index (χ3n) is 5.34. The molecule has 2 heterocycles. The molecule has 2 atom stereocenters. The molecule has 2 fully saturated rings. The standard InChI is InChI=1S/C20H19F3N2O.ClH/c21-17-9-14(10-18(22)19(17)23)12-1-3-13(4-2-12)20(26)25-15-5-6-16(25)11-24-8-7-15;/h1-4,9-10,15-16,24H,5-8,11H2;1H. The average molecular weight is 397 g/mol. The quantitative estimate of drug-likeness (QED) is 0.773. The van der Waals surface area contributed by atoms with Gasteiger partial charge in [-0.1, -0.05) is 12.1 Å². The minimum Gasteiger partial charge on any atom is -0.331 e. The Bertz CT molecular complexity index is 807. The zero-order valence-corrected chi connectivity index (χ0v) is 15.4. The molecule has 4 rings (SSSR count). The van der Waals surface area contributed by atoms with Crippen molar-refractivity contribution in [1.82, 2.24) is 10.2 Å². The number of carbonyl (C=O) groups excluding carboxylic acids is 1. The number of nitrogens with one attached hydrogen (secondary N) is 1. The maximum absolute atomic E-state index is 13.4. The molecule has 3 nitrogen and oxygen atoms in total. The molecule has 0 aliphatic carbocycles. The van der Waals surface area contributed by atoms with Gasteiger partial charge in [-0.2, -0.15) is 0 Å². The molecular formula is C20H20ClF3N2O. The third-order valence-corrected chi connectivity index (χ3v) is 5.34. The number of fused-ring (bicyclic) bond motifs is 2. The van der Waals surface area contributed by atoms with E-state index in [1.165, 1.54) is 0 Å². The van der Waals surface area contributed by atoms with Gasteiger partial charge in [-0.3, -0.25) is 4.79 Å². The first-order valence-electron chi connectivity index (χ1n) is 8.83. The first-order valence-corrected chi connectivity index (χ1v) is 8.83. The van der Waals surface area contributed by atoms with Crippen molar-refractivity contribution >= 4 is 18.3 Å². The first-order chi connectivity index (χ1) is 12.5. The Morgan fingerprint density at radius 3 is 2.22 bits per heavy atom. The van der Waals surface area contributed by atoms with E-state index in [1.54, 1.807) is 24.3 Å². The number of nitrogens with zero attached hydrogens (tertiary/aromatic N) is 1. The molecule has 2 bridgehead atoms. The van der Waals surface area contributed by atoms with Crippen LogP contribution in [0.25, 0.3) is 11.1 Å². The second kappa shape index (κ2) is 7.90. The summed E-state index contributed by atoms with van der Waals surface area (Å²) in [4.78, 5) is 14.9. The topological polar surface area (TPSA) is 32.3 Å². The molecule has 0 saturated carbocycles. The van der Waals surface area contributed by atoms with Gasteiger partial charge in [-0.25, -0.2) is 13.2 Å². The van der Waals surface area contributed by atoms with Crippen LogP contribution in [0.3, 0.4) is 0 Å². The van der Waals surface area contributed by atoms with E-state index in [1.807, 2.05) is 4.90 Å². The van der Waals surface area contributed by atoms with Crippen molar-refractivity contribution in [2.75, 3.05) is 13.1 Å². The van der Waals surface area contributed by atoms with Crippen LogP contribution in [0.1, 0.15) is 29.6 Å². The molecule has 2 unspecified atom stereocenters. The molecule has 2 aromatic carbocycles. The van der Waals surface area contributed by atoms with Crippen LogP contribution in [0.5, 0.6) is 0 Å². The van der Waals surface area contributed by atoms with E-state index in [9.17, 15) is 18.0 Å². The van der Waals surface area contributed by atoms with E-state index in [-0.39, 0.29) is 36.0 Å². The molecule has 0 radical (unpaired) electrons. The zero-order valence-electron chi connectivity index (χ0n) is 14.6. The number of benzene rings is 2. The average Bonchev–Trinajstić information content (AvgIpc) is 2.91. The van der Waals surface area contributed by atoms with Gasteiger partial charge in [0, 0.05) is 24.2 Å². The molecule has 0 spiro atoms. The summed E-state index contributed by atoms with van der Waals surface area (Å²) >= 11 is 0. The molecule has 27 heavy (non-hydrogen) atoms. The predicted molar refractivity (Wildman–Crippen MR) is 99.5 cm³/mol. The maximum atomic E-state index is 13.4. The summed E-state index contributed by atoms with van der Waals surface area (Å²) in [5.41, 5.74) is 1.31.